The molecule has 0 aliphatic carbocycles. The predicted octanol–water partition coefficient (Wildman–Crippen LogP) is 2.47. The second-order valence-electron chi connectivity index (χ2n) is 4.68. The summed E-state index contributed by atoms with van der Waals surface area (Å²) >= 11 is 5.05. The van der Waals surface area contributed by atoms with Gasteiger partial charge in [0.05, 0.1) is 5.60 Å². The molecule has 0 atom stereocenters. The quantitative estimate of drug-likeness (QED) is 0.790. The fraction of sp³-hybridized carbons (Fsp3) is 0.462. The molecular weight excluding hydrogens is 232 g/mol. The molecule has 3 nitrogen and oxygen atoms in total. The Morgan fingerprint density at radius 3 is 2.65 bits per heavy atom. The van der Waals surface area contributed by atoms with E-state index in [4.69, 9.17) is 22.7 Å². The van der Waals surface area contributed by atoms with Crippen LogP contribution in [0.3, 0.4) is 0 Å². The summed E-state index contributed by atoms with van der Waals surface area (Å²) in [5, 5.41) is 3.36. The number of aryl methyl sites for hydroxylation is 1. The van der Waals surface area contributed by atoms with E-state index in [1.165, 1.54) is 0 Å². The van der Waals surface area contributed by atoms with Gasteiger partial charge in [-0.3, -0.25) is 0 Å². The van der Waals surface area contributed by atoms with Crippen LogP contribution in [0.5, 0.6) is 0 Å². The van der Waals surface area contributed by atoms with E-state index in [9.17, 15) is 0 Å². The number of benzene rings is 1. The molecule has 4 heteroatoms. The number of rotatable bonds is 5. The second-order valence-corrected chi connectivity index (χ2v) is 5.12. The van der Waals surface area contributed by atoms with Crippen LogP contribution in [-0.2, 0) is 4.74 Å². The summed E-state index contributed by atoms with van der Waals surface area (Å²) in [4.78, 5) is 0.409. The number of methoxy groups -OCH3 is 1. The minimum Gasteiger partial charge on any atom is -0.389 e. The van der Waals surface area contributed by atoms with Crippen LogP contribution < -0.4 is 11.1 Å². The molecule has 94 valence electrons. The topological polar surface area (TPSA) is 47.3 Å². The van der Waals surface area contributed by atoms with Crippen LogP contribution in [0, 0.1) is 6.92 Å². The van der Waals surface area contributed by atoms with Gasteiger partial charge in [-0.2, -0.15) is 0 Å². The van der Waals surface area contributed by atoms with Gasteiger partial charge in [0.2, 0.25) is 0 Å². The zero-order valence-electron chi connectivity index (χ0n) is 10.8. The molecule has 1 rings (SSSR count). The maximum absolute atomic E-state index is 5.72. The van der Waals surface area contributed by atoms with Crippen molar-refractivity contribution < 1.29 is 4.74 Å². The van der Waals surface area contributed by atoms with Crippen molar-refractivity contribution in [2.45, 2.75) is 26.4 Å². The van der Waals surface area contributed by atoms with Crippen LogP contribution in [0.2, 0.25) is 0 Å². The maximum Gasteiger partial charge on any atom is 0.106 e. The third kappa shape index (κ3) is 3.68. The van der Waals surface area contributed by atoms with Crippen LogP contribution in [0.15, 0.2) is 18.2 Å². The first-order valence-corrected chi connectivity index (χ1v) is 5.96. The van der Waals surface area contributed by atoms with Crippen molar-refractivity contribution in [2.24, 2.45) is 5.73 Å². The summed E-state index contributed by atoms with van der Waals surface area (Å²) in [5.41, 5.74) is 8.49. The number of nitrogens with one attached hydrogen (secondary N) is 1. The molecule has 17 heavy (non-hydrogen) atoms. The first-order chi connectivity index (χ1) is 7.87. The molecule has 0 aliphatic heterocycles. The van der Waals surface area contributed by atoms with Crippen molar-refractivity contribution in [2.75, 3.05) is 19.0 Å². The van der Waals surface area contributed by atoms with E-state index < -0.39 is 0 Å². The number of para-hydroxylation sites is 1. The first kappa shape index (κ1) is 13.9. The molecule has 0 aliphatic rings. The third-order valence-corrected chi connectivity index (χ3v) is 3.00. The molecule has 0 spiro atoms. The van der Waals surface area contributed by atoms with Crippen molar-refractivity contribution in [3.63, 3.8) is 0 Å². The standard InChI is InChI=1S/C13H20N2OS/c1-9-6-5-7-10(12(14)17)11(9)15-8-13(2,3)16-4/h5-7,15H,8H2,1-4H3,(H2,14,17). The maximum atomic E-state index is 5.72. The molecule has 0 bridgehead atoms. The molecule has 0 amide bonds. The lowest BCUT2D eigenvalue weighted by Crippen LogP contribution is -2.32. The average Bonchev–Trinajstić information content (AvgIpc) is 2.27. The van der Waals surface area contributed by atoms with Gasteiger partial charge in [-0.25, -0.2) is 0 Å². The summed E-state index contributed by atoms with van der Waals surface area (Å²) < 4.78 is 5.37. The molecule has 0 unspecified atom stereocenters. The van der Waals surface area contributed by atoms with E-state index in [0.29, 0.717) is 11.5 Å². The van der Waals surface area contributed by atoms with E-state index in [0.717, 1.165) is 16.8 Å². The average molecular weight is 252 g/mol. The Morgan fingerprint density at radius 1 is 1.47 bits per heavy atom. The molecular formula is C13H20N2OS. The number of anilines is 1. The summed E-state index contributed by atoms with van der Waals surface area (Å²) in [6, 6.07) is 5.91. The van der Waals surface area contributed by atoms with Crippen LogP contribution >= 0.6 is 12.2 Å². The van der Waals surface area contributed by atoms with Gasteiger partial charge >= 0.3 is 0 Å². The Hall–Kier alpha value is -1.13. The Balaban J connectivity index is 2.94. The minimum absolute atomic E-state index is 0.226. The van der Waals surface area contributed by atoms with Gasteiger partial charge in [0.15, 0.2) is 0 Å². The molecule has 0 heterocycles. The second kappa shape index (κ2) is 5.47. The zero-order chi connectivity index (χ0) is 13.1. The van der Waals surface area contributed by atoms with Crippen molar-refractivity contribution in [1.82, 2.24) is 0 Å². The van der Waals surface area contributed by atoms with Crippen LogP contribution in [0.25, 0.3) is 0 Å². The monoisotopic (exact) mass is 252 g/mol. The van der Waals surface area contributed by atoms with Crippen molar-refractivity contribution in [1.29, 1.82) is 0 Å². The smallest absolute Gasteiger partial charge is 0.106 e. The molecule has 0 aromatic heterocycles. The summed E-state index contributed by atoms with van der Waals surface area (Å²) in [6.45, 7) is 6.78. The van der Waals surface area contributed by atoms with E-state index >= 15 is 0 Å². The number of ether oxygens (including phenoxy) is 1. The summed E-state index contributed by atoms with van der Waals surface area (Å²) in [5.74, 6) is 0. The number of hydrogen-bond acceptors (Lipinski definition) is 3. The van der Waals surface area contributed by atoms with Gasteiger partial charge in [0.25, 0.3) is 0 Å². The number of thiocarbonyl (C=S) groups is 1. The Morgan fingerprint density at radius 2 is 2.12 bits per heavy atom. The molecule has 0 radical (unpaired) electrons. The first-order valence-electron chi connectivity index (χ1n) is 5.56. The van der Waals surface area contributed by atoms with Crippen LogP contribution in [0.4, 0.5) is 5.69 Å². The highest BCUT2D eigenvalue weighted by Crippen LogP contribution is 2.21. The highest BCUT2D eigenvalue weighted by Gasteiger charge is 2.17. The van der Waals surface area contributed by atoms with Crippen molar-refractivity contribution in [3.8, 4) is 0 Å². The van der Waals surface area contributed by atoms with Gasteiger partial charge in [-0.15, -0.1) is 0 Å². The highest BCUT2D eigenvalue weighted by atomic mass is 32.1. The van der Waals surface area contributed by atoms with Gasteiger partial charge in [-0.1, -0.05) is 24.4 Å². The molecule has 0 saturated heterocycles. The molecule has 1 aromatic carbocycles. The largest absolute Gasteiger partial charge is 0.389 e. The molecule has 1 aromatic rings. The van der Waals surface area contributed by atoms with E-state index in [1.807, 2.05) is 39.0 Å². The van der Waals surface area contributed by atoms with E-state index in [1.54, 1.807) is 7.11 Å². The lowest BCUT2D eigenvalue weighted by atomic mass is 10.1. The molecule has 3 N–H and O–H groups in total. The van der Waals surface area contributed by atoms with Gasteiger partial charge < -0.3 is 15.8 Å². The fourth-order valence-corrected chi connectivity index (χ4v) is 1.65. The van der Waals surface area contributed by atoms with Gasteiger partial charge in [0.1, 0.15) is 4.99 Å². The van der Waals surface area contributed by atoms with Crippen LogP contribution in [-0.4, -0.2) is 24.2 Å². The Bertz CT molecular complexity index is 416. The predicted molar refractivity (Wildman–Crippen MR) is 76.6 cm³/mol. The third-order valence-electron chi connectivity index (χ3n) is 2.78. The minimum atomic E-state index is -0.226. The Kier molecular flexibility index (Phi) is 4.48. The van der Waals surface area contributed by atoms with Crippen molar-refractivity contribution >= 4 is 22.9 Å². The zero-order valence-corrected chi connectivity index (χ0v) is 11.6. The summed E-state index contributed by atoms with van der Waals surface area (Å²) in [7, 11) is 1.70. The van der Waals surface area contributed by atoms with Gasteiger partial charge in [0, 0.05) is 24.9 Å². The van der Waals surface area contributed by atoms with E-state index in [2.05, 4.69) is 5.32 Å². The van der Waals surface area contributed by atoms with Gasteiger partial charge in [-0.05, 0) is 32.4 Å². The Labute approximate surface area is 108 Å². The highest BCUT2D eigenvalue weighted by molar-refractivity contribution is 7.80. The lowest BCUT2D eigenvalue weighted by molar-refractivity contribution is 0.0344. The van der Waals surface area contributed by atoms with E-state index in [-0.39, 0.29) is 5.60 Å². The normalized spacial score (nSPS) is 11.3. The summed E-state index contributed by atoms with van der Waals surface area (Å²) in [6.07, 6.45) is 0. The SMILES string of the molecule is COC(C)(C)CNc1c(C)cccc1C(N)=S. The van der Waals surface area contributed by atoms with Crippen LogP contribution in [0.1, 0.15) is 25.0 Å². The number of hydrogen-bond donors (Lipinski definition) is 2. The number of nitrogens with two attached hydrogens (primary N) is 1. The molecule has 0 saturated carbocycles. The fourth-order valence-electron chi connectivity index (χ4n) is 1.48. The lowest BCUT2D eigenvalue weighted by Gasteiger charge is -2.25. The molecule has 0 fully saturated rings. The van der Waals surface area contributed by atoms with Crippen molar-refractivity contribution in [3.05, 3.63) is 29.3 Å².